The number of ether oxygens (including phenoxy) is 2. The molecule has 2 aromatic rings. The van der Waals surface area contributed by atoms with Gasteiger partial charge in [-0.05, 0) is 44.0 Å². The van der Waals surface area contributed by atoms with E-state index in [9.17, 15) is 17.6 Å². The normalized spacial score (nSPS) is 18.0. The second-order valence-corrected chi connectivity index (χ2v) is 11.2. The van der Waals surface area contributed by atoms with E-state index in [4.69, 9.17) is 15.2 Å². The number of aromatic nitrogens is 2. The van der Waals surface area contributed by atoms with Crippen molar-refractivity contribution in [1.29, 1.82) is 0 Å². The topological polar surface area (TPSA) is 140 Å². The second kappa shape index (κ2) is 12.1. The van der Waals surface area contributed by atoms with E-state index >= 15 is 0 Å². The Hall–Kier alpha value is -2.87. The van der Waals surface area contributed by atoms with Crippen LogP contribution in [0.25, 0.3) is 0 Å². The van der Waals surface area contributed by atoms with Gasteiger partial charge in [0.25, 0.3) is 0 Å². The SMILES string of the molecule is COc1ccc(F)cc1C(=O)c1cnc(NC2CCN(S(=O)(=O)CCCN3CCOCC3)CC2)nc1N. The highest BCUT2D eigenvalue weighted by atomic mass is 32.2. The standard InChI is InChI=1S/C24H33FN6O5S/c1-35-21-4-3-17(25)15-19(21)22(32)20-16-27-24(29-23(20)26)28-18-5-8-31(9-6-18)37(33,34)14-2-7-30-10-12-36-13-11-30/h3-4,15-16,18H,2,5-14H2,1H3,(H3,26,27,28,29). The number of hydrogen-bond donors (Lipinski definition) is 2. The maximum absolute atomic E-state index is 13.7. The minimum atomic E-state index is -3.32. The molecule has 0 amide bonds. The summed E-state index contributed by atoms with van der Waals surface area (Å²) in [6.07, 6.45) is 3.08. The summed E-state index contributed by atoms with van der Waals surface area (Å²) in [7, 11) is -1.93. The number of sulfonamides is 1. The van der Waals surface area contributed by atoms with Crippen molar-refractivity contribution in [1.82, 2.24) is 19.2 Å². The molecule has 0 radical (unpaired) electrons. The van der Waals surface area contributed by atoms with E-state index < -0.39 is 21.6 Å². The molecule has 0 atom stereocenters. The van der Waals surface area contributed by atoms with Crippen LogP contribution in [0.1, 0.15) is 35.2 Å². The minimum Gasteiger partial charge on any atom is -0.496 e. The molecule has 1 aromatic carbocycles. The van der Waals surface area contributed by atoms with E-state index in [1.165, 1.54) is 25.4 Å². The number of nitrogens with one attached hydrogen (secondary N) is 1. The van der Waals surface area contributed by atoms with E-state index in [2.05, 4.69) is 20.2 Å². The molecule has 11 nitrogen and oxygen atoms in total. The van der Waals surface area contributed by atoms with Gasteiger partial charge in [-0.3, -0.25) is 9.69 Å². The van der Waals surface area contributed by atoms with Crippen LogP contribution in [-0.4, -0.2) is 98.2 Å². The summed E-state index contributed by atoms with van der Waals surface area (Å²) < 4.78 is 51.3. The number of nitrogens with two attached hydrogens (primary N) is 1. The highest BCUT2D eigenvalue weighted by molar-refractivity contribution is 7.89. The third-order valence-corrected chi connectivity index (χ3v) is 8.59. The van der Waals surface area contributed by atoms with Crippen molar-refractivity contribution in [3.63, 3.8) is 0 Å². The Morgan fingerprint density at radius 1 is 1.22 bits per heavy atom. The summed E-state index contributed by atoms with van der Waals surface area (Å²) in [5.41, 5.74) is 6.09. The van der Waals surface area contributed by atoms with Gasteiger partial charge < -0.3 is 20.5 Å². The average Bonchev–Trinajstić information content (AvgIpc) is 2.89. The Kier molecular flexibility index (Phi) is 8.90. The zero-order valence-electron chi connectivity index (χ0n) is 20.9. The Bertz CT molecular complexity index is 1200. The summed E-state index contributed by atoms with van der Waals surface area (Å²) in [4.78, 5) is 23.5. The Labute approximate surface area is 216 Å². The zero-order valence-corrected chi connectivity index (χ0v) is 21.7. The van der Waals surface area contributed by atoms with Gasteiger partial charge in [-0.2, -0.15) is 4.98 Å². The number of rotatable bonds is 10. The molecule has 2 saturated heterocycles. The third-order valence-electron chi connectivity index (χ3n) is 6.63. The molecule has 3 heterocycles. The van der Waals surface area contributed by atoms with Gasteiger partial charge in [-0.25, -0.2) is 22.1 Å². The van der Waals surface area contributed by atoms with Crippen LogP contribution in [0.2, 0.25) is 0 Å². The largest absolute Gasteiger partial charge is 0.496 e. The monoisotopic (exact) mass is 536 g/mol. The molecule has 2 aliphatic heterocycles. The minimum absolute atomic E-state index is 0.0250. The number of nitrogens with zero attached hydrogens (tertiary/aromatic N) is 4. The number of carbonyl (C=O) groups excluding carboxylic acids is 1. The third kappa shape index (κ3) is 6.92. The molecule has 2 aliphatic rings. The molecule has 4 rings (SSSR count). The van der Waals surface area contributed by atoms with Crippen LogP contribution in [0.3, 0.4) is 0 Å². The van der Waals surface area contributed by atoms with Crippen LogP contribution in [0, 0.1) is 5.82 Å². The number of morpholine rings is 1. The molecule has 0 spiro atoms. The number of halogens is 1. The lowest BCUT2D eigenvalue weighted by atomic mass is 10.0. The number of ketones is 1. The summed E-state index contributed by atoms with van der Waals surface area (Å²) in [6, 6.07) is 3.61. The van der Waals surface area contributed by atoms with Crippen molar-refractivity contribution in [2.24, 2.45) is 0 Å². The smallest absolute Gasteiger partial charge is 0.224 e. The first-order valence-corrected chi connectivity index (χ1v) is 13.9. The molecular weight excluding hydrogens is 503 g/mol. The molecule has 3 N–H and O–H groups in total. The molecule has 13 heteroatoms. The van der Waals surface area contributed by atoms with Crippen LogP contribution in [0.15, 0.2) is 24.4 Å². The quantitative estimate of drug-likeness (QED) is 0.428. The van der Waals surface area contributed by atoms with Gasteiger partial charge in [-0.1, -0.05) is 0 Å². The van der Waals surface area contributed by atoms with Gasteiger partial charge in [-0.15, -0.1) is 0 Å². The lowest BCUT2D eigenvalue weighted by Gasteiger charge is -2.32. The van der Waals surface area contributed by atoms with E-state index in [0.717, 1.165) is 25.7 Å². The van der Waals surface area contributed by atoms with Crippen molar-refractivity contribution in [2.75, 3.05) is 69.9 Å². The number of hydrogen-bond acceptors (Lipinski definition) is 10. The van der Waals surface area contributed by atoms with Crippen molar-refractivity contribution in [3.05, 3.63) is 41.3 Å². The van der Waals surface area contributed by atoms with Crippen LogP contribution < -0.4 is 15.8 Å². The van der Waals surface area contributed by atoms with Gasteiger partial charge in [0.1, 0.15) is 17.4 Å². The fourth-order valence-electron chi connectivity index (χ4n) is 4.53. The molecule has 0 aliphatic carbocycles. The van der Waals surface area contributed by atoms with E-state index in [0.29, 0.717) is 45.6 Å². The fourth-order valence-corrected chi connectivity index (χ4v) is 6.05. The van der Waals surface area contributed by atoms with Crippen molar-refractivity contribution < 1.29 is 27.1 Å². The van der Waals surface area contributed by atoms with E-state index in [-0.39, 0.29) is 40.4 Å². The summed E-state index contributed by atoms with van der Waals surface area (Å²) >= 11 is 0. The van der Waals surface area contributed by atoms with E-state index in [1.54, 1.807) is 4.31 Å². The fraction of sp³-hybridized carbons (Fsp3) is 0.542. The number of piperidine rings is 1. The zero-order chi connectivity index (χ0) is 26.4. The molecule has 0 saturated carbocycles. The first-order valence-electron chi connectivity index (χ1n) is 12.3. The van der Waals surface area contributed by atoms with Gasteiger partial charge in [0.2, 0.25) is 21.8 Å². The predicted octanol–water partition coefficient (Wildman–Crippen LogP) is 1.37. The highest BCUT2D eigenvalue weighted by Crippen LogP contribution is 2.25. The van der Waals surface area contributed by atoms with Crippen molar-refractivity contribution in [3.8, 4) is 5.75 Å². The van der Waals surface area contributed by atoms with Crippen LogP contribution in [0.4, 0.5) is 16.2 Å². The number of methoxy groups -OCH3 is 1. The Morgan fingerprint density at radius 2 is 1.95 bits per heavy atom. The van der Waals surface area contributed by atoms with E-state index in [1.807, 2.05) is 0 Å². The van der Waals surface area contributed by atoms with Gasteiger partial charge in [0, 0.05) is 38.4 Å². The molecule has 0 bridgehead atoms. The van der Waals surface area contributed by atoms with Gasteiger partial charge >= 0.3 is 0 Å². The number of anilines is 2. The first kappa shape index (κ1) is 27.2. The molecule has 202 valence electrons. The second-order valence-electron chi connectivity index (χ2n) is 9.11. The Balaban J connectivity index is 1.29. The molecule has 1 aromatic heterocycles. The maximum atomic E-state index is 13.7. The van der Waals surface area contributed by atoms with Crippen LogP contribution in [0.5, 0.6) is 5.75 Å². The lowest BCUT2D eigenvalue weighted by Crippen LogP contribution is -2.44. The Morgan fingerprint density at radius 3 is 2.62 bits per heavy atom. The molecular formula is C24H33FN6O5S. The lowest BCUT2D eigenvalue weighted by molar-refractivity contribution is 0.0380. The highest BCUT2D eigenvalue weighted by Gasteiger charge is 2.28. The summed E-state index contributed by atoms with van der Waals surface area (Å²) in [5.74, 6) is -0.579. The summed E-state index contributed by atoms with van der Waals surface area (Å²) in [5, 5.41) is 3.18. The van der Waals surface area contributed by atoms with Gasteiger partial charge in [0.15, 0.2) is 0 Å². The number of nitrogen functional groups attached to an aromatic ring is 1. The van der Waals surface area contributed by atoms with Crippen molar-refractivity contribution >= 4 is 27.6 Å². The van der Waals surface area contributed by atoms with Crippen LogP contribution >= 0.6 is 0 Å². The van der Waals surface area contributed by atoms with Gasteiger partial charge in [0.05, 0.1) is 37.2 Å². The number of carbonyl (C=O) groups is 1. The molecule has 2 fully saturated rings. The molecule has 0 unspecified atom stereocenters. The van der Waals surface area contributed by atoms with Crippen LogP contribution in [-0.2, 0) is 14.8 Å². The first-order chi connectivity index (χ1) is 17.8. The maximum Gasteiger partial charge on any atom is 0.224 e. The number of benzene rings is 1. The summed E-state index contributed by atoms with van der Waals surface area (Å²) in [6.45, 7) is 4.65. The molecule has 37 heavy (non-hydrogen) atoms. The predicted molar refractivity (Wildman–Crippen MR) is 137 cm³/mol. The van der Waals surface area contributed by atoms with Crippen molar-refractivity contribution in [2.45, 2.75) is 25.3 Å². The average molecular weight is 537 g/mol.